The van der Waals surface area contributed by atoms with Gasteiger partial charge in [0.1, 0.15) is 5.78 Å². The molecule has 0 fully saturated rings. The summed E-state index contributed by atoms with van der Waals surface area (Å²) < 4.78 is 0. The van der Waals surface area contributed by atoms with E-state index < -0.39 is 5.97 Å². The lowest BCUT2D eigenvalue weighted by Crippen LogP contribution is -2.12. The Morgan fingerprint density at radius 1 is 1.15 bits per heavy atom. The molecule has 0 heterocycles. The zero-order valence-electron chi connectivity index (χ0n) is 8.59. The monoisotopic (exact) mass is 186 g/mol. The maximum Gasteiger partial charge on any atom is 0.303 e. The Kier molecular flexibility index (Phi) is 4.67. The van der Waals surface area contributed by atoms with Gasteiger partial charge in [-0.05, 0) is 11.8 Å². The molecule has 0 aromatic carbocycles. The third-order valence-electron chi connectivity index (χ3n) is 1.57. The molecule has 0 rings (SSSR count). The summed E-state index contributed by atoms with van der Waals surface area (Å²) >= 11 is 0. The van der Waals surface area contributed by atoms with E-state index in [1.54, 1.807) is 0 Å². The van der Waals surface area contributed by atoms with Crippen LogP contribution in [0.1, 0.15) is 46.5 Å². The van der Waals surface area contributed by atoms with Gasteiger partial charge < -0.3 is 5.11 Å². The van der Waals surface area contributed by atoms with Crippen molar-refractivity contribution in [3.63, 3.8) is 0 Å². The largest absolute Gasteiger partial charge is 0.481 e. The van der Waals surface area contributed by atoms with Crippen molar-refractivity contribution in [3.05, 3.63) is 0 Å². The molecular weight excluding hydrogens is 168 g/mol. The highest BCUT2D eigenvalue weighted by molar-refractivity contribution is 5.79. The number of ketones is 1. The number of carboxylic acid groups (broad SMARTS) is 1. The van der Waals surface area contributed by atoms with Crippen LogP contribution in [0.4, 0.5) is 0 Å². The van der Waals surface area contributed by atoms with Crippen LogP contribution in [0, 0.1) is 5.41 Å². The summed E-state index contributed by atoms with van der Waals surface area (Å²) in [5.74, 6) is -0.669. The standard InChI is InChI=1S/C10H18O3/c1-10(2,3)7-8(11)5-4-6-9(12)13/h4-7H2,1-3H3,(H,12,13). The van der Waals surface area contributed by atoms with Crippen molar-refractivity contribution in [1.29, 1.82) is 0 Å². The summed E-state index contributed by atoms with van der Waals surface area (Å²) in [6.45, 7) is 6.01. The normalized spacial score (nSPS) is 11.3. The van der Waals surface area contributed by atoms with E-state index in [0.29, 0.717) is 19.3 Å². The van der Waals surface area contributed by atoms with Gasteiger partial charge in [0.2, 0.25) is 0 Å². The Labute approximate surface area is 79.1 Å². The fourth-order valence-electron chi connectivity index (χ4n) is 1.12. The molecule has 0 aromatic rings. The van der Waals surface area contributed by atoms with Crippen molar-refractivity contribution < 1.29 is 14.7 Å². The number of rotatable bonds is 5. The van der Waals surface area contributed by atoms with Crippen LogP contribution in [-0.2, 0) is 9.59 Å². The molecule has 0 atom stereocenters. The molecule has 13 heavy (non-hydrogen) atoms. The quantitative estimate of drug-likeness (QED) is 0.716. The first-order valence-electron chi connectivity index (χ1n) is 4.55. The minimum Gasteiger partial charge on any atom is -0.481 e. The maximum absolute atomic E-state index is 11.2. The minimum absolute atomic E-state index is 0.0142. The fraction of sp³-hybridized carbons (Fsp3) is 0.800. The molecule has 0 spiro atoms. The summed E-state index contributed by atoms with van der Waals surface area (Å²) in [5, 5.41) is 8.35. The number of carbonyl (C=O) groups excluding carboxylic acids is 1. The van der Waals surface area contributed by atoms with Crippen molar-refractivity contribution in [2.75, 3.05) is 0 Å². The van der Waals surface area contributed by atoms with E-state index >= 15 is 0 Å². The molecule has 0 aliphatic rings. The van der Waals surface area contributed by atoms with Crippen molar-refractivity contribution >= 4 is 11.8 Å². The lowest BCUT2D eigenvalue weighted by Gasteiger charge is -2.16. The summed E-state index contributed by atoms with van der Waals surface area (Å²) in [6, 6.07) is 0. The summed E-state index contributed by atoms with van der Waals surface area (Å²) in [4.78, 5) is 21.4. The van der Waals surface area contributed by atoms with E-state index in [1.807, 2.05) is 20.8 Å². The van der Waals surface area contributed by atoms with Crippen molar-refractivity contribution in [2.24, 2.45) is 5.41 Å². The van der Waals surface area contributed by atoms with Crippen LogP contribution in [0.5, 0.6) is 0 Å². The average Bonchev–Trinajstić information content (AvgIpc) is 1.81. The Morgan fingerprint density at radius 2 is 1.69 bits per heavy atom. The number of carbonyl (C=O) groups is 2. The van der Waals surface area contributed by atoms with Crippen molar-refractivity contribution in [1.82, 2.24) is 0 Å². The maximum atomic E-state index is 11.2. The molecule has 0 aliphatic carbocycles. The second-order valence-electron chi connectivity index (χ2n) is 4.52. The van der Waals surface area contributed by atoms with Crippen molar-refractivity contribution in [2.45, 2.75) is 46.5 Å². The average molecular weight is 186 g/mol. The number of Topliss-reactive ketones (excluding diaryl/α,β-unsaturated/α-hetero) is 1. The van der Waals surface area contributed by atoms with E-state index in [9.17, 15) is 9.59 Å². The van der Waals surface area contributed by atoms with Crippen LogP contribution < -0.4 is 0 Å². The van der Waals surface area contributed by atoms with Gasteiger partial charge in [-0.15, -0.1) is 0 Å². The van der Waals surface area contributed by atoms with E-state index in [4.69, 9.17) is 5.11 Å². The molecule has 0 unspecified atom stereocenters. The topological polar surface area (TPSA) is 54.4 Å². The molecule has 0 aliphatic heterocycles. The number of hydrogen-bond donors (Lipinski definition) is 1. The van der Waals surface area contributed by atoms with E-state index in [0.717, 1.165) is 0 Å². The highest BCUT2D eigenvalue weighted by Gasteiger charge is 2.15. The molecule has 3 nitrogen and oxygen atoms in total. The molecule has 0 aromatic heterocycles. The van der Waals surface area contributed by atoms with Crippen LogP contribution in [0.25, 0.3) is 0 Å². The minimum atomic E-state index is -0.830. The van der Waals surface area contributed by atoms with Gasteiger partial charge in [-0.2, -0.15) is 0 Å². The number of hydrogen-bond acceptors (Lipinski definition) is 2. The predicted octanol–water partition coefficient (Wildman–Crippen LogP) is 2.25. The number of aliphatic carboxylic acids is 1. The third kappa shape index (κ3) is 9.05. The highest BCUT2D eigenvalue weighted by Crippen LogP contribution is 2.20. The smallest absolute Gasteiger partial charge is 0.303 e. The van der Waals surface area contributed by atoms with Gasteiger partial charge >= 0.3 is 5.97 Å². The van der Waals surface area contributed by atoms with Gasteiger partial charge in [0.25, 0.3) is 0 Å². The third-order valence-corrected chi connectivity index (χ3v) is 1.57. The molecule has 0 radical (unpaired) electrons. The van der Waals surface area contributed by atoms with Gasteiger partial charge in [-0.3, -0.25) is 9.59 Å². The zero-order chi connectivity index (χ0) is 10.5. The van der Waals surface area contributed by atoms with Crippen LogP contribution in [0.3, 0.4) is 0 Å². The fourth-order valence-corrected chi connectivity index (χ4v) is 1.12. The van der Waals surface area contributed by atoms with Gasteiger partial charge in [0.15, 0.2) is 0 Å². The lowest BCUT2D eigenvalue weighted by molar-refractivity contribution is -0.137. The molecule has 0 saturated heterocycles. The van der Waals surface area contributed by atoms with E-state index in [1.165, 1.54) is 0 Å². The van der Waals surface area contributed by atoms with Gasteiger partial charge in [-0.25, -0.2) is 0 Å². The zero-order valence-corrected chi connectivity index (χ0v) is 8.59. The summed E-state index contributed by atoms with van der Waals surface area (Å²) in [7, 11) is 0. The van der Waals surface area contributed by atoms with Crippen molar-refractivity contribution in [3.8, 4) is 0 Å². The van der Waals surface area contributed by atoms with E-state index in [2.05, 4.69) is 0 Å². The molecule has 0 amide bonds. The Balaban J connectivity index is 3.59. The first-order chi connectivity index (χ1) is 5.81. The first kappa shape index (κ1) is 12.1. The second-order valence-corrected chi connectivity index (χ2v) is 4.52. The van der Waals surface area contributed by atoms with Gasteiger partial charge in [-0.1, -0.05) is 20.8 Å². The first-order valence-corrected chi connectivity index (χ1v) is 4.55. The van der Waals surface area contributed by atoms with Crippen LogP contribution in [0.15, 0.2) is 0 Å². The molecule has 0 bridgehead atoms. The highest BCUT2D eigenvalue weighted by atomic mass is 16.4. The number of carboxylic acids is 1. The molecule has 3 heteroatoms. The SMILES string of the molecule is CC(C)(C)CC(=O)CCCC(=O)O. The lowest BCUT2D eigenvalue weighted by atomic mass is 9.88. The Hall–Kier alpha value is -0.860. The van der Waals surface area contributed by atoms with Crippen LogP contribution in [-0.4, -0.2) is 16.9 Å². The van der Waals surface area contributed by atoms with Crippen LogP contribution >= 0.6 is 0 Å². The predicted molar refractivity (Wildman–Crippen MR) is 50.6 cm³/mol. The van der Waals surface area contributed by atoms with Gasteiger partial charge in [0, 0.05) is 19.3 Å². The van der Waals surface area contributed by atoms with E-state index in [-0.39, 0.29) is 17.6 Å². The molecule has 1 N–H and O–H groups in total. The molecule has 76 valence electrons. The van der Waals surface area contributed by atoms with Crippen LogP contribution in [0.2, 0.25) is 0 Å². The molecule has 0 saturated carbocycles. The summed E-state index contributed by atoms with van der Waals surface area (Å²) in [5.41, 5.74) is 0.0142. The van der Waals surface area contributed by atoms with Gasteiger partial charge in [0.05, 0.1) is 0 Å². The molecular formula is C10H18O3. The Morgan fingerprint density at radius 3 is 2.08 bits per heavy atom. The second kappa shape index (κ2) is 5.00. The Bertz CT molecular complexity index is 189. The summed E-state index contributed by atoms with van der Waals surface area (Å²) in [6.07, 6.45) is 1.48.